The van der Waals surface area contributed by atoms with Crippen LogP contribution in [0.2, 0.25) is 0 Å². The Hall–Kier alpha value is -2.15. The fourth-order valence-corrected chi connectivity index (χ4v) is 3.92. The molecule has 1 aliphatic carbocycles. The summed E-state index contributed by atoms with van der Waals surface area (Å²) >= 11 is 0. The zero-order valence-electron chi connectivity index (χ0n) is 13.6. The molecule has 128 valence electrons. The molecule has 4 rings (SSSR count). The third kappa shape index (κ3) is 2.62. The number of carboxylic acids is 1. The molecular weight excluding hydrogens is 308 g/mol. The van der Waals surface area contributed by atoms with Crippen LogP contribution in [-0.4, -0.2) is 51.9 Å². The molecule has 0 radical (unpaired) electrons. The second kappa shape index (κ2) is 6.39. The molecule has 0 atom stereocenters. The van der Waals surface area contributed by atoms with Gasteiger partial charge in [-0.15, -0.1) is 0 Å². The average Bonchev–Trinajstić information content (AvgIpc) is 3.03. The van der Waals surface area contributed by atoms with Crippen molar-refractivity contribution in [1.82, 2.24) is 14.5 Å². The smallest absolute Gasteiger partial charge is 0.352 e. The van der Waals surface area contributed by atoms with Gasteiger partial charge in [0.05, 0.1) is 18.6 Å². The van der Waals surface area contributed by atoms with Crippen LogP contribution in [-0.2, 0) is 4.74 Å². The van der Waals surface area contributed by atoms with Crippen LogP contribution in [0.3, 0.4) is 0 Å². The first-order chi connectivity index (χ1) is 11.8. The van der Waals surface area contributed by atoms with Gasteiger partial charge in [0.25, 0.3) is 0 Å². The first kappa shape index (κ1) is 15.4. The summed E-state index contributed by atoms with van der Waals surface area (Å²) in [5.41, 5.74) is 1.07. The highest BCUT2D eigenvalue weighted by Gasteiger charge is 2.26. The molecule has 7 nitrogen and oxygen atoms in total. The minimum Gasteiger partial charge on any atom is -0.477 e. The van der Waals surface area contributed by atoms with E-state index in [0.717, 1.165) is 55.6 Å². The lowest BCUT2D eigenvalue weighted by molar-refractivity contribution is 0.0681. The van der Waals surface area contributed by atoms with Gasteiger partial charge in [0.2, 0.25) is 0 Å². The third-order valence-electron chi connectivity index (χ3n) is 5.08. The van der Waals surface area contributed by atoms with E-state index < -0.39 is 5.97 Å². The number of rotatable bonds is 3. The molecule has 3 heterocycles. The summed E-state index contributed by atoms with van der Waals surface area (Å²) in [6.45, 7) is 2.87. The lowest BCUT2D eigenvalue weighted by atomic mass is 9.95. The van der Waals surface area contributed by atoms with Crippen molar-refractivity contribution in [1.29, 1.82) is 0 Å². The second-order valence-corrected chi connectivity index (χ2v) is 6.53. The summed E-state index contributed by atoms with van der Waals surface area (Å²) in [4.78, 5) is 22.9. The predicted molar refractivity (Wildman–Crippen MR) is 89.6 cm³/mol. The van der Waals surface area contributed by atoms with E-state index in [9.17, 15) is 9.90 Å². The molecule has 2 aromatic heterocycles. The average molecular weight is 330 g/mol. The second-order valence-electron chi connectivity index (χ2n) is 6.53. The standard InChI is InChI=1S/C17H22N4O3/c22-17(23)14-10-13-15(20-6-8-24-9-7-20)18-11-19-16(13)21(14)12-4-2-1-3-5-12/h10-12H,1-9H2,(H,22,23). The molecule has 2 aromatic rings. The largest absolute Gasteiger partial charge is 0.477 e. The number of aromatic nitrogens is 3. The van der Waals surface area contributed by atoms with Crippen molar-refractivity contribution in [2.24, 2.45) is 0 Å². The van der Waals surface area contributed by atoms with E-state index in [1.165, 1.54) is 6.42 Å². The van der Waals surface area contributed by atoms with Crippen molar-refractivity contribution in [3.05, 3.63) is 18.1 Å². The first-order valence-electron chi connectivity index (χ1n) is 8.67. The van der Waals surface area contributed by atoms with E-state index in [1.54, 1.807) is 12.4 Å². The minimum atomic E-state index is -0.897. The minimum absolute atomic E-state index is 0.217. The Morgan fingerprint density at radius 1 is 1.17 bits per heavy atom. The molecule has 1 saturated heterocycles. The zero-order chi connectivity index (χ0) is 16.5. The van der Waals surface area contributed by atoms with Crippen LogP contribution < -0.4 is 4.90 Å². The van der Waals surface area contributed by atoms with Gasteiger partial charge in [0.15, 0.2) is 0 Å². The molecule has 7 heteroatoms. The van der Waals surface area contributed by atoms with Crippen LogP contribution in [0.5, 0.6) is 0 Å². The van der Waals surface area contributed by atoms with E-state index in [-0.39, 0.29) is 6.04 Å². The van der Waals surface area contributed by atoms with Gasteiger partial charge in [0, 0.05) is 19.1 Å². The van der Waals surface area contributed by atoms with Crippen LogP contribution >= 0.6 is 0 Å². The summed E-state index contributed by atoms with van der Waals surface area (Å²) in [5, 5.41) is 10.5. The van der Waals surface area contributed by atoms with Crippen LogP contribution in [0.15, 0.2) is 12.4 Å². The Morgan fingerprint density at radius 3 is 2.62 bits per heavy atom. The van der Waals surface area contributed by atoms with Gasteiger partial charge >= 0.3 is 5.97 Å². The van der Waals surface area contributed by atoms with E-state index in [4.69, 9.17) is 4.74 Å². The van der Waals surface area contributed by atoms with Gasteiger partial charge in [0.1, 0.15) is 23.5 Å². The Kier molecular flexibility index (Phi) is 4.10. The molecular formula is C17H22N4O3. The Morgan fingerprint density at radius 2 is 1.92 bits per heavy atom. The number of hydrogen-bond acceptors (Lipinski definition) is 5. The molecule has 24 heavy (non-hydrogen) atoms. The maximum Gasteiger partial charge on any atom is 0.352 e. The molecule has 2 fully saturated rings. The van der Waals surface area contributed by atoms with Gasteiger partial charge < -0.3 is 19.3 Å². The number of hydrogen-bond donors (Lipinski definition) is 1. The summed E-state index contributed by atoms with van der Waals surface area (Å²) < 4.78 is 7.34. The van der Waals surface area contributed by atoms with E-state index in [1.807, 2.05) is 4.57 Å². The highest BCUT2D eigenvalue weighted by atomic mass is 16.5. The summed E-state index contributed by atoms with van der Waals surface area (Å²) in [6, 6.07) is 1.96. The summed E-state index contributed by atoms with van der Waals surface area (Å²) in [5.74, 6) is -0.0770. The number of nitrogens with zero attached hydrogens (tertiary/aromatic N) is 4. The van der Waals surface area contributed by atoms with Gasteiger partial charge in [-0.25, -0.2) is 14.8 Å². The maximum absolute atomic E-state index is 11.8. The fourth-order valence-electron chi connectivity index (χ4n) is 3.92. The molecule has 1 aliphatic heterocycles. The molecule has 2 aliphatic rings. The molecule has 0 amide bonds. The third-order valence-corrected chi connectivity index (χ3v) is 5.08. The molecule has 1 N–H and O–H groups in total. The fraction of sp³-hybridized carbons (Fsp3) is 0.588. The molecule has 0 spiro atoms. The number of carboxylic acid groups (broad SMARTS) is 1. The van der Waals surface area contributed by atoms with Gasteiger partial charge in [-0.05, 0) is 18.9 Å². The predicted octanol–water partition coefficient (Wildman–Crippen LogP) is 2.47. The van der Waals surface area contributed by atoms with Crippen molar-refractivity contribution in [2.75, 3.05) is 31.2 Å². The Bertz CT molecular complexity index is 746. The molecule has 0 bridgehead atoms. The van der Waals surface area contributed by atoms with Crippen molar-refractivity contribution in [3.63, 3.8) is 0 Å². The number of anilines is 1. The normalized spacial score (nSPS) is 19.8. The van der Waals surface area contributed by atoms with Crippen molar-refractivity contribution < 1.29 is 14.6 Å². The number of carbonyl (C=O) groups is 1. The van der Waals surface area contributed by atoms with Gasteiger partial charge in [-0.1, -0.05) is 19.3 Å². The number of morpholine rings is 1. The highest BCUT2D eigenvalue weighted by Crippen LogP contribution is 2.35. The van der Waals surface area contributed by atoms with Gasteiger partial charge in [-0.2, -0.15) is 0 Å². The number of aromatic carboxylic acids is 1. The SMILES string of the molecule is O=C(O)c1cc2c(N3CCOCC3)ncnc2n1C1CCCCC1. The monoisotopic (exact) mass is 330 g/mol. The van der Waals surface area contributed by atoms with Crippen molar-refractivity contribution in [2.45, 2.75) is 38.1 Å². The Labute approximate surface area is 140 Å². The molecule has 1 saturated carbocycles. The topological polar surface area (TPSA) is 80.5 Å². The quantitative estimate of drug-likeness (QED) is 0.931. The molecule has 0 unspecified atom stereocenters. The summed E-state index contributed by atoms with van der Waals surface area (Å²) in [6.07, 6.45) is 7.10. The Balaban J connectivity index is 1.84. The van der Waals surface area contributed by atoms with E-state index >= 15 is 0 Å². The first-order valence-corrected chi connectivity index (χ1v) is 8.67. The van der Waals surface area contributed by atoms with Crippen LogP contribution in [0.1, 0.15) is 48.6 Å². The zero-order valence-corrected chi connectivity index (χ0v) is 13.6. The number of fused-ring (bicyclic) bond motifs is 1. The lowest BCUT2D eigenvalue weighted by Gasteiger charge is -2.28. The van der Waals surface area contributed by atoms with Crippen LogP contribution in [0.4, 0.5) is 5.82 Å². The van der Waals surface area contributed by atoms with E-state index in [0.29, 0.717) is 18.9 Å². The van der Waals surface area contributed by atoms with E-state index in [2.05, 4.69) is 14.9 Å². The summed E-state index contributed by atoms with van der Waals surface area (Å²) in [7, 11) is 0. The van der Waals surface area contributed by atoms with Crippen LogP contribution in [0, 0.1) is 0 Å². The van der Waals surface area contributed by atoms with Crippen LogP contribution in [0.25, 0.3) is 11.0 Å². The maximum atomic E-state index is 11.8. The number of ether oxygens (including phenoxy) is 1. The highest BCUT2D eigenvalue weighted by molar-refractivity contribution is 5.97. The molecule has 0 aromatic carbocycles. The van der Waals surface area contributed by atoms with Gasteiger partial charge in [-0.3, -0.25) is 0 Å². The lowest BCUT2D eigenvalue weighted by Crippen LogP contribution is -2.36. The van der Waals surface area contributed by atoms with Crippen molar-refractivity contribution in [3.8, 4) is 0 Å². The van der Waals surface area contributed by atoms with Crippen molar-refractivity contribution >= 4 is 22.8 Å².